The second-order valence-corrected chi connectivity index (χ2v) is 9.08. The third kappa shape index (κ3) is 4.11. The Labute approximate surface area is 149 Å². The van der Waals surface area contributed by atoms with E-state index in [-0.39, 0.29) is 23.5 Å². The molecule has 2 saturated heterocycles. The molecule has 2 aliphatic rings. The van der Waals surface area contributed by atoms with Crippen LogP contribution in [-0.2, 0) is 9.84 Å². The number of likely N-dealkylation sites (tertiary alicyclic amines) is 1. The molecule has 0 saturated carbocycles. The first-order valence-corrected chi connectivity index (χ1v) is 10.8. The number of anilines is 1. The maximum Gasteiger partial charge on any atom is 0.272 e. The van der Waals surface area contributed by atoms with Crippen molar-refractivity contribution in [2.75, 3.05) is 36.0 Å². The largest absolute Gasteiger partial charge is 0.353 e. The maximum atomic E-state index is 12.8. The normalized spacial score (nSPS) is 22.8. The van der Waals surface area contributed by atoms with Crippen molar-refractivity contribution in [1.29, 1.82) is 0 Å². The SMILES string of the molecule is CCN(c1cc(C(=O)N2CCCCC2)nc(C)n1)C1CCS(=O)(=O)C1. The van der Waals surface area contributed by atoms with Gasteiger partial charge in [0.2, 0.25) is 0 Å². The van der Waals surface area contributed by atoms with Crippen LogP contribution in [0.5, 0.6) is 0 Å². The maximum absolute atomic E-state index is 12.8. The van der Waals surface area contributed by atoms with E-state index in [4.69, 9.17) is 0 Å². The van der Waals surface area contributed by atoms with Crippen molar-refractivity contribution in [3.8, 4) is 0 Å². The summed E-state index contributed by atoms with van der Waals surface area (Å²) in [6.07, 6.45) is 3.83. The fourth-order valence-electron chi connectivity index (χ4n) is 3.70. The lowest BCUT2D eigenvalue weighted by Crippen LogP contribution is -2.38. The van der Waals surface area contributed by atoms with Crippen LogP contribution in [-0.4, -0.2) is 66.4 Å². The molecule has 0 aliphatic carbocycles. The third-order valence-electron chi connectivity index (χ3n) is 4.97. The van der Waals surface area contributed by atoms with Gasteiger partial charge in [-0.25, -0.2) is 18.4 Å². The number of nitrogens with zero attached hydrogens (tertiary/aromatic N) is 4. The number of hydrogen-bond donors (Lipinski definition) is 0. The van der Waals surface area contributed by atoms with Gasteiger partial charge in [-0.2, -0.15) is 0 Å². The third-order valence-corrected chi connectivity index (χ3v) is 6.72. The molecule has 1 atom stereocenters. The highest BCUT2D eigenvalue weighted by Gasteiger charge is 2.33. The topological polar surface area (TPSA) is 83.5 Å². The van der Waals surface area contributed by atoms with Crippen LogP contribution >= 0.6 is 0 Å². The smallest absolute Gasteiger partial charge is 0.272 e. The van der Waals surface area contributed by atoms with E-state index in [9.17, 15) is 13.2 Å². The molecule has 8 heteroatoms. The van der Waals surface area contributed by atoms with Crippen LogP contribution in [0.4, 0.5) is 5.82 Å². The van der Waals surface area contributed by atoms with Gasteiger partial charge in [0, 0.05) is 31.7 Å². The first-order chi connectivity index (χ1) is 11.9. The van der Waals surface area contributed by atoms with E-state index in [2.05, 4.69) is 9.97 Å². The molecule has 0 spiro atoms. The van der Waals surface area contributed by atoms with Crippen LogP contribution in [0.2, 0.25) is 0 Å². The predicted molar refractivity (Wildman–Crippen MR) is 96.6 cm³/mol. The number of sulfone groups is 1. The molecular weight excluding hydrogens is 340 g/mol. The van der Waals surface area contributed by atoms with Crippen molar-refractivity contribution in [3.05, 3.63) is 17.6 Å². The Bertz CT molecular complexity index is 744. The standard InChI is InChI=1S/C17H26N4O3S/c1-3-21(14-7-10-25(23,24)12-14)16-11-15(18-13(2)19-16)17(22)20-8-5-4-6-9-20/h11,14H,3-10,12H2,1-2H3. The molecule has 7 nitrogen and oxygen atoms in total. The van der Waals surface area contributed by atoms with Gasteiger partial charge in [-0.3, -0.25) is 4.79 Å². The highest BCUT2D eigenvalue weighted by Crippen LogP contribution is 2.24. The number of amides is 1. The van der Waals surface area contributed by atoms with Crippen molar-refractivity contribution in [2.45, 2.75) is 45.6 Å². The molecule has 0 aromatic carbocycles. The summed E-state index contributed by atoms with van der Waals surface area (Å²) in [5.74, 6) is 1.51. The summed E-state index contributed by atoms with van der Waals surface area (Å²) in [6, 6.07) is 1.64. The number of hydrogen-bond acceptors (Lipinski definition) is 6. The number of aromatic nitrogens is 2. The predicted octanol–water partition coefficient (Wildman–Crippen LogP) is 1.42. The minimum Gasteiger partial charge on any atom is -0.353 e. The van der Waals surface area contributed by atoms with E-state index < -0.39 is 9.84 Å². The van der Waals surface area contributed by atoms with E-state index in [1.54, 1.807) is 13.0 Å². The van der Waals surface area contributed by atoms with Crippen LogP contribution < -0.4 is 4.90 Å². The number of piperidine rings is 1. The summed E-state index contributed by atoms with van der Waals surface area (Å²) < 4.78 is 23.6. The summed E-state index contributed by atoms with van der Waals surface area (Å²) in [6.45, 7) is 5.95. The average molecular weight is 366 g/mol. The number of carbonyl (C=O) groups excluding carboxylic acids is 1. The van der Waals surface area contributed by atoms with Crippen LogP contribution in [0, 0.1) is 6.92 Å². The van der Waals surface area contributed by atoms with Gasteiger partial charge >= 0.3 is 0 Å². The molecule has 1 aromatic rings. The van der Waals surface area contributed by atoms with E-state index >= 15 is 0 Å². The fourth-order valence-corrected chi connectivity index (χ4v) is 5.43. The van der Waals surface area contributed by atoms with Crippen LogP contribution in [0.1, 0.15) is 48.9 Å². The fraction of sp³-hybridized carbons (Fsp3) is 0.706. The Kier molecular flexibility index (Phi) is 5.27. The van der Waals surface area contributed by atoms with Gasteiger partial charge in [0.1, 0.15) is 17.3 Å². The zero-order valence-corrected chi connectivity index (χ0v) is 15.8. The van der Waals surface area contributed by atoms with E-state index in [0.29, 0.717) is 30.3 Å². The first kappa shape index (κ1) is 18.1. The van der Waals surface area contributed by atoms with Gasteiger partial charge in [-0.15, -0.1) is 0 Å². The summed E-state index contributed by atoms with van der Waals surface area (Å²) in [4.78, 5) is 25.4. The Morgan fingerprint density at radius 3 is 2.60 bits per heavy atom. The van der Waals surface area contributed by atoms with Gasteiger partial charge < -0.3 is 9.80 Å². The number of carbonyl (C=O) groups is 1. The summed E-state index contributed by atoms with van der Waals surface area (Å²) in [5, 5.41) is 0. The van der Waals surface area contributed by atoms with E-state index in [1.165, 1.54) is 0 Å². The monoisotopic (exact) mass is 366 g/mol. The summed E-state index contributed by atoms with van der Waals surface area (Å²) in [5.41, 5.74) is 0.406. The second-order valence-electron chi connectivity index (χ2n) is 6.85. The highest BCUT2D eigenvalue weighted by atomic mass is 32.2. The molecule has 0 bridgehead atoms. The molecule has 25 heavy (non-hydrogen) atoms. The molecule has 0 N–H and O–H groups in total. The van der Waals surface area contributed by atoms with Crippen LogP contribution in [0.25, 0.3) is 0 Å². The molecule has 2 fully saturated rings. The molecule has 1 aromatic heterocycles. The van der Waals surface area contributed by atoms with E-state index in [0.717, 1.165) is 32.4 Å². The van der Waals surface area contributed by atoms with Gasteiger partial charge in [-0.1, -0.05) is 0 Å². The average Bonchev–Trinajstić information content (AvgIpc) is 2.95. The zero-order valence-electron chi connectivity index (χ0n) is 14.9. The summed E-state index contributed by atoms with van der Waals surface area (Å²) in [7, 11) is -2.97. The van der Waals surface area contributed by atoms with Crippen molar-refractivity contribution < 1.29 is 13.2 Å². The van der Waals surface area contributed by atoms with Gasteiger partial charge in [0.15, 0.2) is 9.84 Å². The number of aryl methyl sites for hydroxylation is 1. The lowest BCUT2D eigenvalue weighted by Gasteiger charge is -2.29. The molecule has 0 radical (unpaired) electrons. The minimum atomic E-state index is -2.97. The van der Waals surface area contributed by atoms with Crippen molar-refractivity contribution in [1.82, 2.24) is 14.9 Å². The Morgan fingerprint density at radius 2 is 2.00 bits per heavy atom. The molecule has 2 aliphatic heterocycles. The molecule has 3 rings (SSSR count). The quantitative estimate of drug-likeness (QED) is 0.801. The molecule has 138 valence electrons. The minimum absolute atomic E-state index is 0.0541. The van der Waals surface area contributed by atoms with E-state index in [1.807, 2.05) is 16.7 Å². The van der Waals surface area contributed by atoms with Gasteiger partial charge in [0.05, 0.1) is 11.5 Å². The number of rotatable bonds is 4. The lowest BCUT2D eigenvalue weighted by atomic mass is 10.1. The van der Waals surface area contributed by atoms with Crippen LogP contribution in [0.3, 0.4) is 0 Å². The molecule has 1 unspecified atom stereocenters. The van der Waals surface area contributed by atoms with Crippen molar-refractivity contribution >= 4 is 21.6 Å². The molecule has 1 amide bonds. The Balaban J connectivity index is 1.86. The van der Waals surface area contributed by atoms with Crippen molar-refractivity contribution in [3.63, 3.8) is 0 Å². The van der Waals surface area contributed by atoms with Gasteiger partial charge in [-0.05, 0) is 39.5 Å². The van der Waals surface area contributed by atoms with Crippen LogP contribution in [0.15, 0.2) is 6.07 Å². The summed E-state index contributed by atoms with van der Waals surface area (Å²) >= 11 is 0. The second kappa shape index (κ2) is 7.27. The Hall–Kier alpha value is -1.70. The zero-order chi connectivity index (χ0) is 18.0. The van der Waals surface area contributed by atoms with Crippen molar-refractivity contribution in [2.24, 2.45) is 0 Å². The lowest BCUT2D eigenvalue weighted by molar-refractivity contribution is 0.0718. The first-order valence-electron chi connectivity index (χ1n) is 9.01. The Morgan fingerprint density at radius 1 is 1.28 bits per heavy atom. The highest BCUT2D eigenvalue weighted by molar-refractivity contribution is 7.91. The molecule has 3 heterocycles. The molecular formula is C17H26N4O3S. The van der Waals surface area contributed by atoms with Gasteiger partial charge in [0.25, 0.3) is 5.91 Å².